The molecule has 1 amide bonds. The number of aromatic nitrogens is 1. The van der Waals surface area contributed by atoms with E-state index in [0.717, 1.165) is 23.1 Å². The van der Waals surface area contributed by atoms with Gasteiger partial charge in [0.05, 0.1) is 15.6 Å². The Bertz CT molecular complexity index is 807. The third kappa shape index (κ3) is 1.69. The molecule has 0 spiro atoms. The number of rotatable bonds is 2. The number of anilines is 1. The van der Waals surface area contributed by atoms with Crippen molar-refractivity contribution in [3.05, 3.63) is 24.3 Å². The number of nitrogens with one attached hydrogen (secondary N) is 1. The van der Waals surface area contributed by atoms with Gasteiger partial charge in [-0.25, -0.2) is 4.98 Å². The molecule has 1 aromatic carbocycles. The molecule has 2 saturated carbocycles. The molecule has 2 bridgehead atoms. The molecule has 4 rings (SSSR count). The normalized spacial score (nSPS) is 31.7. The highest BCUT2D eigenvalue weighted by molar-refractivity contribution is 7.22. The molecular formula is C18H20N2O2S. The Hall–Kier alpha value is -1.75. The summed E-state index contributed by atoms with van der Waals surface area (Å²) in [7, 11) is 0. The number of carbonyl (C=O) groups is 2. The summed E-state index contributed by atoms with van der Waals surface area (Å²) in [6.07, 6.45) is 1.93. The summed E-state index contributed by atoms with van der Waals surface area (Å²) in [4.78, 5) is 30.0. The van der Waals surface area contributed by atoms with Crippen LogP contribution in [0.2, 0.25) is 0 Å². The first-order chi connectivity index (χ1) is 10.8. The number of hydrogen-bond acceptors (Lipinski definition) is 4. The average Bonchev–Trinajstić information content (AvgIpc) is 3.04. The summed E-state index contributed by atoms with van der Waals surface area (Å²) in [5.74, 6) is 0.185. The minimum absolute atomic E-state index is 0.0452. The first kappa shape index (κ1) is 14.8. The second-order valence-corrected chi connectivity index (χ2v) is 8.61. The molecule has 0 unspecified atom stereocenters. The van der Waals surface area contributed by atoms with Crippen LogP contribution >= 0.6 is 11.3 Å². The fraction of sp³-hybridized carbons (Fsp3) is 0.500. The predicted molar refractivity (Wildman–Crippen MR) is 91.4 cm³/mol. The lowest BCUT2D eigenvalue weighted by molar-refractivity contribution is -0.131. The Morgan fingerprint density at radius 3 is 2.57 bits per heavy atom. The Morgan fingerprint density at radius 2 is 1.96 bits per heavy atom. The highest BCUT2D eigenvalue weighted by Gasteiger charge is 2.72. The van der Waals surface area contributed by atoms with E-state index in [9.17, 15) is 9.59 Å². The number of ketones is 1. The maximum Gasteiger partial charge on any atom is 0.233 e. The van der Waals surface area contributed by atoms with Gasteiger partial charge >= 0.3 is 0 Å². The summed E-state index contributed by atoms with van der Waals surface area (Å²) < 4.78 is 1.05. The van der Waals surface area contributed by atoms with Crippen molar-refractivity contribution >= 4 is 38.4 Å². The number of nitrogens with zero attached hydrogens (tertiary/aromatic N) is 1. The maximum absolute atomic E-state index is 13.1. The van der Waals surface area contributed by atoms with Crippen LogP contribution < -0.4 is 5.32 Å². The molecule has 2 aliphatic carbocycles. The fourth-order valence-electron chi connectivity index (χ4n) is 4.50. The van der Waals surface area contributed by atoms with E-state index in [1.54, 1.807) is 0 Å². The van der Waals surface area contributed by atoms with E-state index in [0.29, 0.717) is 11.6 Å². The lowest BCUT2D eigenvalue weighted by Gasteiger charge is -2.38. The smallest absolute Gasteiger partial charge is 0.233 e. The number of amides is 1. The number of Topliss-reactive ketones (excluding diaryl/α,β-unsaturated/α-hetero) is 1. The Morgan fingerprint density at radius 1 is 1.22 bits per heavy atom. The van der Waals surface area contributed by atoms with Crippen LogP contribution in [0.15, 0.2) is 24.3 Å². The molecular weight excluding hydrogens is 308 g/mol. The number of para-hydroxylation sites is 1. The van der Waals surface area contributed by atoms with E-state index in [2.05, 4.69) is 24.1 Å². The summed E-state index contributed by atoms with van der Waals surface area (Å²) in [6, 6.07) is 7.84. The summed E-state index contributed by atoms with van der Waals surface area (Å²) in [6.45, 7) is 6.17. The Balaban J connectivity index is 1.68. The van der Waals surface area contributed by atoms with Crippen molar-refractivity contribution in [2.24, 2.45) is 16.2 Å². The lowest BCUT2D eigenvalue weighted by Crippen LogP contribution is -2.43. The maximum atomic E-state index is 13.1. The molecule has 1 N–H and O–H groups in total. The minimum atomic E-state index is -0.601. The topological polar surface area (TPSA) is 59.1 Å². The van der Waals surface area contributed by atoms with Crippen LogP contribution in [0.4, 0.5) is 5.13 Å². The van der Waals surface area contributed by atoms with Gasteiger partial charge in [0.1, 0.15) is 5.78 Å². The van der Waals surface area contributed by atoms with E-state index < -0.39 is 5.41 Å². The van der Waals surface area contributed by atoms with Crippen LogP contribution in [0.25, 0.3) is 10.2 Å². The molecule has 2 aromatic rings. The molecule has 4 nitrogen and oxygen atoms in total. The van der Waals surface area contributed by atoms with Gasteiger partial charge in [-0.2, -0.15) is 0 Å². The zero-order chi connectivity index (χ0) is 16.5. The third-order valence-electron chi connectivity index (χ3n) is 6.65. The predicted octanol–water partition coefficient (Wildman–Crippen LogP) is 4.02. The van der Waals surface area contributed by atoms with Gasteiger partial charge in [-0.3, -0.25) is 9.59 Å². The zero-order valence-corrected chi connectivity index (χ0v) is 14.4. The van der Waals surface area contributed by atoms with Crippen molar-refractivity contribution in [3.63, 3.8) is 0 Å². The molecule has 2 aliphatic rings. The molecule has 1 heterocycles. The molecule has 23 heavy (non-hydrogen) atoms. The van der Waals surface area contributed by atoms with Gasteiger partial charge in [-0.15, -0.1) is 0 Å². The van der Waals surface area contributed by atoms with Crippen molar-refractivity contribution < 1.29 is 9.59 Å². The van der Waals surface area contributed by atoms with Crippen LogP contribution in [0.3, 0.4) is 0 Å². The summed E-state index contributed by atoms with van der Waals surface area (Å²) in [5, 5.41) is 3.62. The van der Waals surface area contributed by atoms with E-state index in [1.165, 1.54) is 11.3 Å². The standard InChI is InChI=1S/C18H20N2O2S/c1-16(2)17(3)8-9-18(16,10-13(17)21)14(22)20-15-19-11-6-4-5-7-12(11)23-15/h4-7H,8-10H2,1-3H3,(H,19,20,22)/t17-,18+/m1/s1. The van der Waals surface area contributed by atoms with E-state index >= 15 is 0 Å². The van der Waals surface area contributed by atoms with Gasteiger partial charge in [-0.05, 0) is 30.4 Å². The molecule has 0 radical (unpaired) electrons. The van der Waals surface area contributed by atoms with Crippen molar-refractivity contribution in [2.45, 2.75) is 40.0 Å². The molecule has 1 aromatic heterocycles. The SMILES string of the molecule is CC1(C)[C@@]2(C(=O)Nc3nc4ccccc4s3)CC[C@]1(C)C(=O)C2. The van der Waals surface area contributed by atoms with Crippen molar-refractivity contribution in [1.82, 2.24) is 4.98 Å². The number of benzene rings is 1. The van der Waals surface area contributed by atoms with Crippen LogP contribution in [0.5, 0.6) is 0 Å². The summed E-state index contributed by atoms with van der Waals surface area (Å²) in [5.41, 5.74) is -0.407. The van der Waals surface area contributed by atoms with Gasteiger partial charge in [0.2, 0.25) is 5.91 Å². The van der Waals surface area contributed by atoms with Crippen LogP contribution in [-0.4, -0.2) is 16.7 Å². The number of hydrogen-bond donors (Lipinski definition) is 1. The minimum Gasteiger partial charge on any atom is -0.301 e. The van der Waals surface area contributed by atoms with E-state index in [4.69, 9.17) is 0 Å². The molecule has 120 valence electrons. The third-order valence-corrected chi connectivity index (χ3v) is 7.61. The highest BCUT2D eigenvalue weighted by atomic mass is 32.1. The average molecular weight is 328 g/mol. The molecule has 0 aliphatic heterocycles. The number of thiazole rings is 1. The zero-order valence-electron chi connectivity index (χ0n) is 13.6. The first-order valence-corrected chi connectivity index (χ1v) is 8.82. The molecule has 2 fully saturated rings. The quantitative estimate of drug-likeness (QED) is 0.906. The Kier molecular flexibility index (Phi) is 2.84. The number of carbonyl (C=O) groups excluding carboxylic acids is 2. The summed E-state index contributed by atoms with van der Waals surface area (Å²) >= 11 is 1.48. The van der Waals surface area contributed by atoms with Crippen molar-refractivity contribution in [3.8, 4) is 0 Å². The first-order valence-electron chi connectivity index (χ1n) is 8.01. The molecule has 0 saturated heterocycles. The van der Waals surface area contributed by atoms with Crippen LogP contribution in [-0.2, 0) is 9.59 Å². The van der Waals surface area contributed by atoms with E-state index in [1.807, 2.05) is 31.2 Å². The van der Waals surface area contributed by atoms with Crippen molar-refractivity contribution in [2.75, 3.05) is 5.32 Å². The van der Waals surface area contributed by atoms with Gasteiger partial charge in [0.15, 0.2) is 5.13 Å². The van der Waals surface area contributed by atoms with Gasteiger partial charge in [-0.1, -0.05) is 44.2 Å². The number of fused-ring (bicyclic) bond motifs is 3. The second kappa shape index (κ2) is 4.41. The highest BCUT2D eigenvalue weighted by Crippen LogP contribution is 2.70. The monoisotopic (exact) mass is 328 g/mol. The fourth-order valence-corrected chi connectivity index (χ4v) is 5.36. The van der Waals surface area contributed by atoms with Gasteiger partial charge < -0.3 is 5.32 Å². The van der Waals surface area contributed by atoms with Crippen molar-refractivity contribution in [1.29, 1.82) is 0 Å². The largest absolute Gasteiger partial charge is 0.301 e. The molecule has 5 heteroatoms. The van der Waals surface area contributed by atoms with Crippen LogP contribution in [0.1, 0.15) is 40.0 Å². The van der Waals surface area contributed by atoms with E-state index in [-0.39, 0.29) is 22.5 Å². The second-order valence-electron chi connectivity index (χ2n) is 7.58. The lowest BCUT2D eigenvalue weighted by atomic mass is 9.64. The van der Waals surface area contributed by atoms with Crippen LogP contribution in [0, 0.1) is 16.2 Å². The van der Waals surface area contributed by atoms with Gasteiger partial charge in [0.25, 0.3) is 0 Å². The van der Waals surface area contributed by atoms with Gasteiger partial charge in [0, 0.05) is 11.8 Å². The Labute approximate surface area is 139 Å². The molecule has 2 atom stereocenters.